The van der Waals surface area contributed by atoms with E-state index in [1.807, 2.05) is 12.1 Å². The van der Waals surface area contributed by atoms with Crippen LogP contribution in [0.1, 0.15) is 18.4 Å². The monoisotopic (exact) mass is 283 g/mol. The predicted molar refractivity (Wildman–Crippen MR) is 76.2 cm³/mol. The first kappa shape index (κ1) is 15.5. The molecule has 2 rings (SSSR count). The molecule has 1 aliphatic rings. The number of nitrogens with two attached hydrogens (primary N) is 1. The average Bonchev–Trinajstić information content (AvgIpc) is 3.15. The van der Waals surface area contributed by atoms with E-state index in [9.17, 15) is 9.59 Å². The van der Waals surface area contributed by atoms with Crippen LogP contribution in [-0.2, 0) is 16.0 Å². The van der Waals surface area contributed by atoms with Gasteiger partial charge in [0.05, 0.1) is 13.0 Å². The number of hydrogen-bond donors (Lipinski definition) is 3. The number of rotatable bonds is 5. The molecule has 0 saturated heterocycles. The molecule has 0 radical (unpaired) electrons. The highest BCUT2D eigenvalue weighted by atomic mass is 35.5. The van der Waals surface area contributed by atoms with Gasteiger partial charge in [-0.2, -0.15) is 0 Å². The van der Waals surface area contributed by atoms with Crippen LogP contribution in [0, 0.1) is 0 Å². The molecule has 5 nitrogen and oxygen atoms in total. The number of amides is 2. The lowest BCUT2D eigenvalue weighted by Gasteiger charge is -2.06. The van der Waals surface area contributed by atoms with Crippen molar-refractivity contribution < 1.29 is 9.59 Å². The molecule has 0 aromatic heterocycles. The van der Waals surface area contributed by atoms with Crippen molar-refractivity contribution in [2.75, 3.05) is 11.9 Å². The summed E-state index contributed by atoms with van der Waals surface area (Å²) in [6.07, 6.45) is 2.56. The fourth-order valence-corrected chi connectivity index (χ4v) is 1.61. The second kappa shape index (κ2) is 7.11. The van der Waals surface area contributed by atoms with Crippen LogP contribution in [0.15, 0.2) is 24.3 Å². The molecule has 19 heavy (non-hydrogen) atoms. The van der Waals surface area contributed by atoms with Crippen molar-refractivity contribution in [3.8, 4) is 0 Å². The van der Waals surface area contributed by atoms with Gasteiger partial charge in [0.1, 0.15) is 0 Å². The molecule has 1 saturated carbocycles. The molecule has 0 heterocycles. The Morgan fingerprint density at radius 1 is 1.16 bits per heavy atom. The number of carbonyl (C=O) groups is 2. The fraction of sp³-hybridized carbons (Fsp3) is 0.385. The largest absolute Gasteiger partial charge is 0.353 e. The predicted octanol–water partition coefficient (Wildman–Crippen LogP) is 0.827. The lowest BCUT2D eigenvalue weighted by Crippen LogP contribution is -2.27. The zero-order valence-electron chi connectivity index (χ0n) is 10.5. The number of halogens is 1. The second-order valence-corrected chi connectivity index (χ2v) is 4.47. The maximum atomic E-state index is 11.6. The van der Waals surface area contributed by atoms with Gasteiger partial charge in [-0.1, -0.05) is 12.1 Å². The molecule has 1 aromatic rings. The Morgan fingerprint density at radius 3 is 2.32 bits per heavy atom. The third-order valence-electron chi connectivity index (χ3n) is 2.73. The second-order valence-electron chi connectivity index (χ2n) is 4.47. The molecule has 1 fully saturated rings. The molecule has 2 amide bonds. The lowest BCUT2D eigenvalue weighted by molar-refractivity contribution is -0.120. The van der Waals surface area contributed by atoms with Crippen molar-refractivity contribution in [3.05, 3.63) is 29.8 Å². The molecule has 104 valence electrons. The van der Waals surface area contributed by atoms with Gasteiger partial charge in [-0.15, -0.1) is 12.4 Å². The molecular weight excluding hydrogens is 266 g/mol. The van der Waals surface area contributed by atoms with Gasteiger partial charge < -0.3 is 16.4 Å². The topological polar surface area (TPSA) is 84.2 Å². The van der Waals surface area contributed by atoms with E-state index < -0.39 is 0 Å². The molecule has 6 heteroatoms. The van der Waals surface area contributed by atoms with Gasteiger partial charge >= 0.3 is 0 Å². The molecular formula is C13H18ClN3O2. The Balaban J connectivity index is 0.00000180. The van der Waals surface area contributed by atoms with E-state index in [1.165, 1.54) is 0 Å². The number of hydrogen-bond acceptors (Lipinski definition) is 3. The van der Waals surface area contributed by atoms with Gasteiger partial charge in [0.2, 0.25) is 11.8 Å². The zero-order valence-corrected chi connectivity index (χ0v) is 11.3. The lowest BCUT2D eigenvalue weighted by atomic mass is 10.1. The molecule has 0 bridgehead atoms. The van der Waals surface area contributed by atoms with Gasteiger partial charge in [0.15, 0.2) is 0 Å². The van der Waals surface area contributed by atoms with Crippen LogP contribution in [0.5, 0.6) is 0 Å². The van der Waals surface area contributed by atoms with E-state index in [0.29, 0.717) is 18.2 Å². The van der Waals surface area contributed by atoms with Crippen LogP contribution in [0.3, 0.4) is 0 Å². The van der Waals surface area contributed by atoms with E-state index in [4.69, 9.17) is 5.73 Å². The Labute approximate surface area is 118 Å². The molecule has 0 aliphatic heterocycles. The molecule has 1 aromatic carbocycles. The molecule has 1 aliphatic carbocycles. The van der Waals surface area contributed by atoms with Crippen molar-refractivity contribution in [2.45, 2.75) is 25.3 Å². The highest BCUT2D eigenvalue weighted by Crippen LogP contribution is 2.18. The van der Waals surface area contributed by atoms with Gasteiger partial charge in [-0.25, -0.2) is 0 Å². The van der Waals surface area contributed by atoms with Crippen molar-refractivity contribution in [1.29, 1.82) is 0 Å². The molecule has 0 atom stereocenters. The number of carbonyl (C=O) groups excluding carboxylic acids is 2. The van der Waals surface area contributed by atoms with Gasteiger partial charge in [-0.3, -0.25) is 9.59 Å². The average molecular weight is 284 g/mol. The summed E-state index contributed by atoms with van der Waals surface area (Å²) in [6, 6.07) is 7.60. The molecule has 0 unspecified atom stereocenters. The summed E-state index contributed by atoms with van der Waals surface area (Å²) in [7, 11) is 0. The normalized spacial score (nSPS) is 13.3. The Hall–Kier alpha value is -1.59. The Bertz CT molecular complexity index is 444. The van der Waals surface area contributed by atoms with E-state index in [0.717, 1.165) is 18.4 Å². The van der Waals surface area contributed by atoms with E-state index >= 15 is 0 Å². The quantitative estimate of drug-likeness (QED) is 0.748. The van der Waals surface area contributed by atoms with Crippen LogP contribution in [0.2, 0.25) is 0 Å². The Kier molecular flexibility index (Phi) is 5.79. The maximum absolute atomic E-state index is 11.6. The van der Waals surface area contributed by atoms with Crippen LogP contribution in [-0.4, -0.2) is 24.4 Å². The number of anilines is 1. The summed E-state index contributed by atoms with van der Waals surface area (Å²) in [6.45, 7) is -0.0362. The molecule has 0 spiro atoms. The van der Waals surface area contributed by atoms with E-state index in [2.05, 4.69) is 10.6 Å². The van der Waals surface area contributed by atoms with E-state index in [-0.39, 0.29) is 30.8 Å². The third kappa shape index (κ3) is 5.28. The van der Waals surface area contributed by atoms with Gasteiger partial charge in [0, 0.05) is 11.7 Å². The van der Waals surface area contributed by atoms with E-state index in [1.54, 1.807) is 12.1 Å². The van der Waals surface area contributed by atoms with Crippen LogP contribution in [0.25, 0.3) is 0 Å². The van der Waals surface area contributed by atoms with Crippen LogP contribution in [0.4, 0.5) is 5.69 Å². The van der Waals surface area contributed by atoms with Crippen LogP contribution >= 0.6 is 12.4 Å². The first-order chi connectivity index (χ1) is 8.67. The van der Waals surface area contributed by atoms with Crippen LogP contribution < -0.4 is 16.4 Å². The minimum atomic E-state index is -0.228. The SMILES string of the molecule is Cl.NCC(=O)Nc1ccc(CC(=O)NC2CC2)cc1. The van der Waals surface area contributed by atoms with Crippen molar-refractivity contribution in [2.24, 2.45) is 5.73 Å². The summed E-state index contributed by atoms with van der Waals surface area (Å²) in [4.78, 5) is 22.6. The highest BCUT2D eigenvalue weighted by Gasteiger charge is 2.22. The van der Waals surface area contributed by atoms with Gasteiger partial charge in [-0.05, 0) is 30.5 Å². The van der Waals surface area contributed by atoms with Crippen molar-refractivity contribution in [3.63, 3.8) is 0 Å². The summed E-state index contributed by atoms with van der Waals surface area (Å²) in [5.41, 5.74) is 6.82. The zero-order chi connectivity index (χ0) is 13.0. The third-order valence-corrected chi connectivity index (χ3v) is 2.73. The van der Waals surface area contributed by atoms with Gasteiger partial charge in [0.25, 0.3) is 0 Å². The molecule has 4 N–H and O–H groups in total. The fourth-order valence-electron chi connectivity index (χ4n) is 1.61. The first-order valence-corrected chi connectivity index (χ1v) is 6.05. The van der Waals surface area contributed by atoms with Crippen molar-refractivity contribution in [1.82, 2.24) is 5.32 Å². The smallest absolute Gasteiger partial charge is 0.238 e. The van der Waals surface area contributed by atoms with Crippen molar-refractivity contribution >= 4 is 29.9 Å². The number of nitrogens with one attached hydrogen (secondary N) is 2. The minimum Gasteiger partial charge on any atom is -0.353 e. The maximum Gasteiger partial charge on any atom is 0.238 e. The standard InChI is InChI=1S/C13H17N3O2.ClH/c14-8-13(18)16-10-3-1-9(2-4-10)7-12(17)15-11-5-6-11;/h1-4,11H,5-8,14H2,(H,15,17)(H,16,18);1H. The highest BCUT2D eigenvalue weighted by molar-refractivity contribution is 5.92. The summed E-state index contributed by atoms with van der Waals surface area (Å²) >= 11 is 0. The summed E-state index contributed by atoms with van der Waals surface area (Å²) < 4.78 is 0. The minimum absolute atomic E-state index is 0. The number of benzene rings is 1. The Morgan fingerprint density at radius 2 is 1.79 bits per heavy atom. The first-order valence-electron chi connectivity index (χ1n) is 6.05. The summed E-state index contributed by atoms with van der Waals surface area (Å²) in [5, 5.41) is 5.58. The summed E-state index contributed by atoms with van der Waals surface area (Å²) in [5.74, 6) is -0.175.